The molecule has 3 nitrogen and oxygen atoms in total. The zero-order chi connectivity index (χ0) is 13.4. The van der Waals surface area contributed by atoms with Crippen LogP contribution in [0.3, 0.4) is 0 Å². The Kier molecular flexibility index (Phi) is 6.99. The number of hydrogen-bond acceptors (Lipinski definition) is 2. The van der Waals surface area contributed by atoms with Crippen LogP contribution in [0, 0.1) is 11.8 Å². The molecule has 18 heavy (non-hydrogen) atoms. The summed E-state index contributed by atoms with van der Waals surface area (Å²) < 4.78 is 2.09. The van der Waals surface area contributed by atoms with Crippen LogP contribution in [0.2, 0.25) is 0 Å². The molecule has 0 fully saturated rings. The second kappa shape index (κ2) is 8.28. The van der Waals surface area contributed by atoms with Crippen molar-refractivity contribution in [2.45, 2.75) is 72.8 Å². The molecule has 0 aliphatic heterocycles. The van der Waals surface area contributed by atoms with Crippen molar-refractivity contribution >= 4 is 0 Å². The summed E-state index contributed by atoms with van der Waals surface area (Å²) in [5.41, 5.74) is 1.31. The first-order valence-corrected chi connectivity index (χ1v) is 7.47. The Morgan fingerprint density at radius 1 is 1.00 bits per heavy atom. The topological polar surface area (TPSA) is 30.7 Å². The lowest BCUT2D eigenvalue weighted by atomic mass is 10.0. The fraction of sp³-hybridized carbons (Fsp3) is 0.867. The molecule has 0 unspecified atom stereocenters. The van der Waals surface area contributed by atoms with Gasteiger partial charge in [-0.05, 0) is 31.1 Å². The molecule has 1 rings (SSSR count). The third-order valence-electron chi connectivity index (χ3n) is 3.33. The first-order chi connectivity index (χ1) is 8.59. The van der Waals surface area contributed by atoms with Gasteiger partial charge >= 0.3 is 0 Å². The lowest BCUT2D eigenvalue weighted by Crippen LogP contribution is -2.07. The number of hydrogen-bond donors (Lipinski definition) is 0. The van der Waals surface area contributed by atoms with E-state index in [1.807, 2.05) is 6.20 Å². The highest BCUT2D eigenvalue weighted by molar-refractivity contribution is 4.93. The average Bonchev–Trinajstić information content (AvgIpc) is 2.73. The van der Waals surface area contributed by atoms with Crippen molar-refractivity contribution in [2.75, 3.05) is 0 Å². The zero-order valence-electron chi connectivity index (χ0n) is 12.5. The predicted molar refractivity (Wildman–Crippen MR) is 76.5 cm³/mol. The Hall–Kier alpha value is -0.860. The van der Waals surface area contributed by atoms with Gasteiger partial charge in [0, 0.05) is 6.54 Å². The number of nitrogens with zero attached hydrogens (tertiary/aromatic N) is 3. The van der Waals surface area contributed by atoms with Gasteiger partial charge in [-0.15, -0.1) is 5.10 Å². The van der Waals surface area contributed by atoms with Crippen LogP contribution >= 0.6 is 0 Å². The third kappa shape index (κ3) is 6.18. The molecule has 0 saturated heterocycles. The minimum absolute atomic E-state index is 0.730. The van der Waals surface area contributed by atoms with Gasteiger partial charge in [-0.1, -0.05) is 52.2 Å². The number of aromatic nitrogens is 3. The average molecular weight is 251 g/mol. The second-order valence-corrected chi connectivity index (χ2v) is 6.12. The lowest BCUT2D eigenvalue weighted by Gasteiger charge is -2.08. The normalized spacial score (nSPS) is 11.7. The molecule has 0 radical (unpaired) electrons. The SMILES string of the molecule is CC(C)CCCCCc1cnnn1CCC(C)C. The molecule has 1 aromatic heterocycles. The van der Waals surface area contributed by atoms with E-state index in [9.17, 15) is 0 Å². The van der Waals surface area contributed by atoms with E-state index in [0.29, 0.717) is 0 Å². The molecule has 0 aliphatic carbocycles. The Balaban J connectivity index is 2.23. The van der Waals surface area contributed by atoms with E-state index in [0.717, 1.165) is 24.8 Å². The van der Waals surface area contributed by atoms with Crippen molar-refractivity contribution in [3.63, 3.8) is 0 Å². The van der Waals surface area contributed by atoms with E-state index in [4.69, 9.17) is 0 Å². The zero-order valence-corrected chi connectivity index (χ0v) is 12.5. The Morgan fingerprint density at radius 3 is 2.39 bits per heavy atom. The fourth-order valence-corrected chi connectivity index (χ4v) is 2.08. The quantitative estimate of drug-likeness (QED) is 0.619. The Morgan fingerprint density at radius 2 is 1.72 bits per heavy atom. The van der Waals surface area contributed by atoms with Gasteiger partial charge in [-0.2, -0.15) is 0 Å². The molecule has 1 heterocycles. The molecule has 104 valence electrons. The van der Waals surface area contributed by atoms with E-state index in [2.05, 4.69) is 42.7 Å². The maximum absolute atomic E-state index is 4.18. The maximum Gasteiger partial charge on any atom is 0.0725 e. The van der Waals surface area contributed by atoms with Gasteiger partial charge in [0.05, 0.1) is 11.9 Å². The minimum atomic E-state index is 0.730. The van der Waals surface area contributed by atoms with E-state index >= 15 is 0 Å². The highest BCUT2D eigenvalue weighted by Crippen LogP contribution is 2.11. The molecule has 0 atom stereocenters. The monoisotopic (exact) mass is 251 g/mol. The van der Waals surface area contributed by atoms with Crippen LogP contribution in [0.5, 0.6) is 0 Å². The molecule has 0 aliphatic rings. The first kappa shape index (κ1) is 15.2. The van der Waals surface area contributed by atoms with Gasteiger partial charge in [0.25, 0.3) is 0 Å². The van der Waals surface area contributed by atoms with Gasteiger partial charge in [0.2, 0.25) is 0 Å². The van der Waals surface area contributed by atoms with Crippen LogP contribution in [0.25, 0.3) is 0 Å². The molecule has 1 aromatic rings. The second-order valence-electron chi connectivity index (χ2n) is 6.12. The van der Waals surface area contributed by atoms with Crippen molar-refractivity contribution in [1.82, 2.24) is 15.0 Å². The summed E-state index contributed by atoms with van der Waals surface area (Å²) in [5, 5.41) is 8.22. The molecule has 0 amide bonds. The largest absolute Gasteiger partial charge is 0.249 e. The maximum atomic E-state index is 4.18. The summed E-state index contributed by atoms with van der Waals surface area (Å²) in [5.74, 6) is 1.57. The van der Waals surface area contributed by atoms with Gasteiger partial charge in [-0.25, -0.2) is 4.68 Å². The third-order valence-corrected chi connectivity index (χ3v) is 3.33. The van der Waals surface area contributed by atoms with Crippen molar-refractivity contribution in [3.8, 4) is 0 Å². The van der Waals surface area contributed by atoms with Crippen LogP contribution in [0.4, 0.5) is 0 Å². The van der Waals surface area contributed by atoms with Gasteiger partial charge < -0.3 is 0 Å². The molecule has 3 heteroatoms. The molecule has 0 bridgehead atoms. The summed E-state index contributed by atoms with van der Waals surface area (Å²) in [7, 11) is 0. The van der Waals surface area contributed by atoms with Gasteiger partial charge in [0.1, 0.15) is 0 Å². The number of aryl methyl sites for hydroxylation is 2. The smallest absolute Gasteiger partial charge is 0.0725 e. The van der Waals surface area contributed by atoms with Crippen molar-refractivity contribution in [1.29, 1.82) is 0 Å². The summed E-state index contributed by atoms with van der Waals surface area (Å²) in [6.07, 6.45) is 9.54. The highest BCUT2D eigenvalue weighted by atomic mass is 15.4. The Bertz CT molecular complexity index is 315. The van der Waals surface area contributed by atoms with E-state index in [-0.39, 0.29) is 0 Å². The van der Waals surface area contributed by atoms with Crippen molar-refractivity contribution < 1.29 is 0 Å². The van der Waals surface area contributed by atoms with E-state index in [1.165, 1.54) is 37.8 Å². The molecular weight excluding hydrogens is 222 g/mol. The molecule has 0 saturated carbocycles. The predicted octanol–water partition coefficient (Wildman–Crippen LogP) is 4.08. The standard InChI is InChI=1S/C15H29N3/c1-13(2)8-6-5-7-9-15-12-16-17-18(15)11-10-14(3)4/h12-14H,5-11H2,1-4H3. The summed E-state index contributed by atoms with van der Waals surface area (Å²) in [6.45, 7) is 10.1. The van der Waals surface area contributed by atoms with Crippen LogP contribution in [-0.2, 0) is 13.0 Å². The van der Waals surface area contributed by atoms with Crippen LogP contribution < -0.4 is 0 Å². The molecular formula is C15H29N3. The van der Waals surface area contributed by atoms with Crippen molar-refractivity contribution in [3.05, 3.63) is 11.9 Å². The van der Waals surface area contributed by atoms with E-state index in [1.54, 1.807) is 0 Å². The highest BCUT2D eigenvalue weighted by Gasteiger charge is 2.04. The van der Waals surface area contributed by atoms with Crippen molar-refractivity contribution in [2.24, 2.45) is 11.8 Å². The number of rotatable bonds is 9. The lowest BCUT2D eigenvalue weighted by molar-refractivity contribution is 0.462. The summed E-state index contributed by atoms with van der Waals surface area (Å²) in [6, 6.07) is 0. The first-order valence-electron chi connectivity index (χ1n) is 7.47. The molecule has 0 spiro atoms. The summed E-state index contributed by atoms with van der Waals surface area (Å²) in [4.78, 5) is 0. The van der Waals surface area contributed by atoms with E-state index < -0.39 is 0 Å². The van der Waals surface area contributed by atoms with Crippen LogP contribution in [-0.4, -0.2) is 15.0 Å². The van der Waals surface area contributed by atoms with Crippen LogP contribution in [0.1, 0.15) is 65.5 Å². The van der Waals surface area contributed by atoms with Gasteiger partial charge in [-0.3, -0.25) is 0 Å². The number of unbranched alkanes of at least 4 members (excludes halogenated alkanes) is 2. The van der Waals surface area contributed by atoms with Gasteiger partial charge in [0.15, 0.2) is 0 Å². The minimum Gasteiger partial charge on any atom is -0.249 e. The van der Waals surface area contributed by atoms with Crippen LogP contribution in [0.15, 0.2) is 6.20 Å². The summed E-state index contributed by atoms with van der Waals surface area (Å²) >= 11 is 0. The molecule has 0 aromatic carbocycles. The molecule has 0 N–H and O–H groups in total. The fourth-order valence-electron chi connectivity index (χ4n) is 2.08. The Labute approximate surface area is 112 Å².